The van der Waals surface area contributed by atoms with Gasteiger partial charge in [-0.25, -0.2) is 0 Å². The zero-order valence-electron chi connectivity index (χ0n) is 38.1. The van der Waals surface area contributed by atoms with E-state index in [0.29, 0.717) is 79.0 Å². The number of aromatic hydroxyl groups is 2. The Bertz CT molecular complexity index is 2140. The van der Waals surface area contributed by atoms with Gasteiger partial charge in [0, 0.05) is 50.4 Å². The summed E-state index contributed by atoms with van der Waals surface area (Å²) in [5, 5.41) is 43.2. The molecule has 0 radical (unpaired) electrons. The van der Waals surface area contributed by atoms with E-state index >= 15 is 4.79 Å². The van der Waals surface area contributed by atoms with Crippen molar-refractivity contribution in [2.24, 2.45) is 51.8 Å². The third-order valence-corrected chi connectivity index (χ3v) is 16.4. The number of nitrogens with zero attached hydrogens (tertiary/aromatic N) is 1. The number of phenolic OH excluding ortho intramolecular Hbond substituents is 2. The van der Waals surface area contributed by atoms with Crippen LogP contribution in [-0.4, -0.2) is 73.8 Å². The van der Waals surface area contributed by atoms with Crippen molar-refractivity contribution in [1.29, 1.82) is 0 Å². The number of anilines is 1. The van der Waals surface area contributed by atoms with Crippen molar-refractivity contribution >= 4 is 17.4 Å². The van der Waals surface area contributed by atoms with Crippen molar-refractivity contribution < 1.29 is 34.3 Å². The van der Waals surface area contributed by atoms with Gasteiger partial charge in [0.1, 0.15) is 5.60 Å². The Morgan fingerprint density at radius 2 is 1.83 bits per heavy atom. The molecule has 1 heterocycles. The lowest BCUT2D eigenvalue weighted by Gasteiger charge is -2.54. The molecule has 1 aliphatic heterocycles. The first-order chi connectivity index (χ1) is 30.5. The van der Waals surface area contributed by atoms with Gasteiger partial charge in [-0.3, -0.25) is 15.1 Å². The van der Waals surface area contributed by atoms with Gasteiger partial charge >= 0.3 is 0 Å². The van der Waals surface area contributed by atoms with Crippen LogP contribution in [0.5, 0.6) is 23.0 Å². The van der Waals surface area contributed by atoms with Crippen LogP contribution in [0.1, 0.15) is 108 Å². The predicted molar refractivity (Wildman–Crippen MR) is 247 cm³/mol. The van der Waals surface area contributed by atoms with Crippen LogP contribution in [0.3, 0.4) is 0 Å². The fourth-order valence-corrected chi connectivity index (χ4v) is 13.3. The average Bonchev–Trinajstić information content (AvgIpc) is 4.02. The van der Waals surface area contributed by atoms with Crippen LogP contribution >= 0.6 is 0 Å². The lowest BCUT2D eigenvalue weighted by atomic mass is 9.50. The molecule has 11 atom stereocenters. The second kappa shape index (κ2) is 18.9. The van der Waals surface area contributed by atoms with Crippen LogP contribution in [-0.2, 0) is 21.4 Å². The summed E-state index contributed by atoms with van der Waals surface area (Å²) in [6.07, 6.45) is 21.2. The van der Waals surface area contributed by atoms with Crippen LogP contribution in [0.15, 0.2) is 59.6 Å². The molecule has 2 bridgehead atoms. The normalized spacial score (nSPS) is 34.7. The number of hydrogen-bond donors (Lipinski definition) is 6. The van der Waals surface area contributed by atoms with Crippen molar-refractivity contribution in [3.8, 4) is 35.0 Å². The summed E-state index contributed by atoms with van der Waals surface area (Å²) in [7, 11) is 6.71. The summed E-state index contributed by atoms with van der Waals surface area (Å²) in [6.45, 7) is 2.86. The quantitative estimate of drug-likeness (QED) is 0.0562. The van der Waals surface area contributed by atoms with Gasteiger partial charge in [-0.2, -0.15) is 0 Å². The van der Waals surface area contributed by atoms with Crippen molar-refractivity contribution in [1.82, 2.24) is 10.6 Å². The average molecular weight is 863 g/mol. The van der Waals surface area contributed by atoms with E-state index in [1.54, 1.807) is 20.2 Å². The predicted octanol–water partition coefficient (Wildman–Crippen LogP) is 8.38. The number of guanidine groups is 1. The van der Waals surface area contributed by atoms with Crippen LogP contribution < -0.4 is 25.4 Å². The summed E-state index contributed by atoms with van der Waals surface area (Å²) in [6, 6.07) is 12.8. The number of aliphatic hydroxyl groups is 1. The molecule has 8 rings (SSSR count). The number of likely N-dealkylation sites (N-methyl/N-ethyl adjacent to an activating group) is 1. The Balaban J connectivity index is 1.28. The molecule has 1 spiro atoms. The molecule has 0 saturated heterocycles. The molecule has 11 nitrogen and oxygen atoms in total. The molecule has 2 aromatic carbocycles. The fourth-order valence-electron chi connectivity index (χ4n) is 13.3. The summed E-state index contributed by atoms with van der Waals surface area (Å²) in [5.41, 5.74) is 0.969. The second-order valence-electron chi connectivity index (χ2n) is 19.7. The minimum atomic E-state index is -0.839. The summed E-state index contributed by atoms with van der Waals surface area (Å²) >= 11 is 0. The van der Waals surface area contributed by atoms with Crippen LogP contribution in [0, 0.1) is 58.8 Å². The first-order valence-corrected chi connectivity index (χ1v) is 23.7. The number of carbonyl (C=O) groups is 1. The summed E-state index contributed by atoms with van der Waals surface area (Å²) < 4.78 is 17.9. The molecule has 340 valence electrons. The number of allylic oxidation sites excluding steroid dienone is 4. The molecular weight excluding hydrogens is 793 g/mol. The topological polar surface area (TPSA) is 154 Å². The number of aliphatic hydroxyl groups excluding tert-OH is 1. The third-order valence-electron chi connectivity index (χ3n) is 16.4. The lowest BCUT2D eigenvalue weighted by molar-refractivity contribution is -0.125. The zero-order chi connectivity index (χ0) is 44.4. The van der Waals surface area contributed by atoms with Crippen molar-refractivity contribution in [2.75, 3.05) is 40.2 Å². The van der Waals surface area contributed by atoms with Crippen molar-refractivity contribution in [3.05, 3.63) is 65.8 Å². The number of aliphatic imine (C=N–C) groups is 1. The lowest BCUT2D eigenvalue weighted by Crippen LogP contribution is -2.50. The number of hydrogen-bond acceptors (Lipinski definition) is 9. The monoisotopic (exact) mass is 863 g/mol. The van der Waals surface area contributed by atoms with Gasteiger partial charge in [0.2, 0.25) is 5.96 Å². The van der Waals surface area contributed by atoms with E-state index in [1.165, 1.54) is 7.11 Å². The largest absolute Gasteiger partial charge is 0.504 e. The highest BCUT2D eigenvalue weighted by molar-refractivity contribution is 5.97. The summed E-state index contributed by atoms with van der Waals surface area (Å²) in [5.74, 6) is 6.70. The third kappa shape index (κ3) is 8.72. The molecule has 4 fully saturated rings. The van der Waals surface area contributed by atoms with Crippen molar-refractivity contribution in [3.63, 3.8) is 0 Å². The van der Waals surface area contributed by atoms with E-state index in [-0.39, 0.29) is 40.5 Å². The van der Waals surface area contributed by atoms with E-state index in [9.17, 15) is 15.3 Å². The Labute approximate surface area is 374 Å². The molecule has 0 aromatic heterocycles. The number of ether oxygens (including phenoxy) is 3. The molecular formula is C52H70N4O7. The highest BCUT2D eigenvalue weighted by atomic mass is 16.6. The highest BCUT2D eigenvalue weighted by Gasteiger charge is 2.57. The second-order valence-corrected chi connectivity index (χ2v) is 19.7. The number of benzene rings is 2. The minimum Gasteiger partial charge on any atom is -0.504 e. The maximum atomic E-state index is 15.4. The smallest absolute Gasteiger partial charge is 0.207 e. The number of carbonyl (C=O) groups excluding carboxylic acids is 1. The maximum absolute atomic E-state index is 15.4. The Morgan fingerprint density at radius 3 is 2.60 bits per heavy atom. The molecule has 4 saturated carbocycles. The fraction of sp³-hybridized carbons (Fsp3) is 0.615. The van der Waals surface area contributed by atoms with Gasteiger partial charge in [0.15, 0.2) is 35.1 Å². The Hall–Kier alpha value is -4.50. The van der Waals surface area contributed by atoms with Gasteiger partial charge < -0.3 is 40.2 Å². The van der Waals surface area contributed by atoms with Crippen LogP contribution in [0.4, 0.5) is 5.69 Å². The molecule has 5 aliphatic carbocycles. The van der Waals surface area contributed by atoms with Crippen molar-refractivity contribution in [2.45, 2.75) is 121 Å². The number of methoxy groups -OCH3 is 2. The molecule has 6 N–H and O–H groups in total. The van der Waals surface area contributed by atoms with Gasteiger partial charge in [-0.15, -0.1) is 0 Å². The molecule has 63 heavy (non-hydrogen) atoms. The van der Waals surface area contributed by atoms with Gasteiger partial charge in [0.25, 0.3) is 0 Å². The van der Waals surface area contributed by atoms with Gasteiger partial charge in [-0.05, 0) is 161 Å². The number of fused-ring (bicyclic) bond motifs is 5. The molecule has 11 unspecified atom stereocenters. The van der Waals surface area contributed by atoms with E-state index < -0.39 is 17.3 Å². The van der Waals surface area contributed by atoms with E-state index in [1.807, 2.05) is 25.3 Å². The standard InChI is InChI=1S/C52H70N4O7/c1-6-33-13-15-36-27-38-11-8-21-52(38)39-28-42(48(60)45(29-39)63-50(32-53-2)22-19-35(30-50)26-47(59)62-5)56-49(54-3)55-23-9-12-37-10-7-20-51(37,46(58)18-16-41(52)40(36)24-33)31-34-14-17-43(57)44(25-34)61-4/h13-18,25,28-29,33,35-38,40-41,47,53,57,59-60H,6-8,10-12,19-22,24,26-27,30-32H2,1-5H3,(H2,54,55,56). The number of rotatable bonds is 11. The number of nitrogens with one attached hydrogen (secondary N) is 3. The van der Waals surface area contributed by atoms with E-state index in [4.69, 9.17) is 14.2 Å². The first-order valence-electron chi connectivity index (χ1n) is 23.7. The number of ketones is 1. The Morgan fingerprint density at radius 1 is 1.00 bits per heavy atom. The molecule has 0 amide bonds. The zero-order valence-corrected chi connectivity index (χ0v) is 38.1. The Kier molecular flexibility index (Phi) is 13.5. The van der Waals surface area contributed by atoms with E-state index in [0.717, 1.165) is 81.8 Å². The minimum absolute atomic E-state index is 0.0155. The van der Waals surface area contributed by atoms with Gasteiger partial charge in [-0.1, -0.05) is 50.0 Å². The molecule has 6 aliphatic rings. The number of phenols is 2. The molecule has 11 heteroatoms. The van der Waals surface area contributed by atoms with Crippen LogP contribution in [0.2, 0.25) is 0 Å². The van der Waals surface area contributed by atoms with Gasteiger partial charge in [0.05, 0.1) is 12.8 Å². The van der Waals surface area contributed by atoms with Crippen LogP contribution in [0.25, 0.3) is 0 Å². The highest BCUT2D eigenvalue weighted by Crippen LogP contribution is 2.64. The summed E-state index contributed by atoms with van der Waals surface area (Å²) in [4.78, 5) is 19.9. The molecule has 2 aromatic rings. The van der Waals surface area contributed by atoms with E-state index in [2.05, 4.69) is 70.2 Å². The SMILES string of the molecule is CCC1C=CC2CC3CCCC34c3cc(c(O)c(OC5(CNC)CCC(CC(O)OC)C5)c3)NC(=NC)NC#CCC3CCCC3(Cc3ccc(O)c(OC)c3)C(=O)C=CC4C2C1. The first kappa shape index (κ1) is 45.1. The maximum Gasteiger partial charge on any atom is 0.207 e.